The van der Waals surface area contributed by atoms with Gasteiger partial charge in [-0.3, -0.25) is 9.59 Å². The molecule has 0 atom stereocenters. The Bertz CT molecular complexity index is 1580. The Labute approximate surface area is 203 Å². The maximum atomic E-state index is 13.0. The van der Waals surface area contributed by atoms with Gasteiger partial charge in [0.2, 0.25) is 0 Å². The molecule has 0 aliphatic carbocycles. The number of hydrogen-bond donors (Lipinski definition) is 2. The molecule has 1 aromatic heterocycles. The Morgan fingerprint density at radius 3 is 2.17 bits per heavy atom. The van der Waals surface area contributed by atoms with Crippen LogP contribution in [0.3, 0.4) is 0 Å². The average molecular weight is 461 g/mol. The van der Waals surface area contributed by atoms with Gasteiger partial charge in [-0.25, -0.2) is 0 Å². The van der Waals surface area contributed by atoms with Crippen molar-refractivity contribution >= 4 is 33.9 Å². The second kappa shape index (κ2) is 9.31. The first-order chi connectivity index (χ1) is 17.0. The molecular formula is C30H24N2O3. The second-order valence-electron chi connectivity index (χ2n) is 8.54. The zero-order chi connectivity index (χ0) is 24.4. The number of fused-ring (bicyclic) bond motifs is 1. The molecule has 0 fully saturated rings. The normalized spacial score (nSPS) is 10.8. The van der Waals surface area contributed by atoms with Gasteiger partial charge in [0.25, 0.3) is 5.91 Å². The van der Waals surface area contributed by atoms with Crippen LogP contribution in [0.1, 0.15) is 21.5 Å². The summed E-state index contributed by atoms with van der Waals surface area (Å²) in [5, 5.41) is 6.89. The van der Waals surface area contributed by atoms with Gasteiger partial charge in [-0.1, -0.05) is 53.6 Å². The Hall–Kier alpha value is -4.64. The molecule has 0 spiro atoms. The number of aryl methyl sites for hydroxylation is 2. The van der Waals surface area contributed by atoms with Crippen LogP contribution in [0.2, 0.25) is 0 Å². The number of carbonyl (C=O) groups excluding carboxylic acids is 1. The minimum Gasteiger partial charge on any atom is -0.456 e. The number of para-hydroxylation sites is 2. The van der Waals surface area contributed by atoms with E-state index in [-0.39, 0.29) is 11.3 Å². The van der Waals surface area contributed by atoms with Crippen molar-refractivity contribution in [3.05, 3.63) is 124 Å². The van der Waals surface area contributed by atoms with Gasteiger partial charge in [0.1, 0.15) is 11.3 Å². The van der Waals surface area contributed by atoms with Crippen molar-refractivity contribution in [2.45, 2.75) is 13.8 Å². The van der Waals surface area contributed by atoms with Crippen LogP contribution in [0, 0.1) is 13.8 Å². The summed E-state index contributed by atoms with van der Waals surface area (Å²) in [6, 6.07) is 29.7. The van der Waals surface area contributed by atoms with Gasteiger partial charge in [0.05, 0.1) is 16.8 Å². The van der Waals surface area contributed by atoms with E-state index in [0.29, 0.717) is 28.0 Å². The van der Waals surface area contributed by atoms with Crippen LogP contribution in [0.4, 0.5) is 17.1 Å². The molecule has 0 unspecified atom stereocenters. The van der Waals surface area contributed by atoms with Crippen molar-refractivity contribution in [1.82, 2.24) is 0 Å². The fraction of sp³-hybridized carbons (Fsp3) is 0.0667. The highest BCUT2D eigenvalue weighted by Crippen LogP contribution is 2.27. The monoisotopic (exact) mass is 460 g/mol. The highest BCUT2D eigenvalue weighted by atomic mass is 16.3. The van der Waals surface area contributed by atoms with E-state index in [1.807, 2.05) is 74.5 Å². The molecule has 0 aliphatic heterocycles. The van der Waals surface area contributed by atoms with E-state index in [9.17, 15) is 9.59 Å². The van der Waals surface area contributed by atoms with Gasteiger partial charge in [0, 0.05) is 22.9 Å². The number of anilines is 3. The fourth-order valence-electron chi connectivity index (χ4n) is 3.89. The van der Waals surface area contributed by atoms with Crippen LogP contribution in [0.5, 0.6) is 0 Å². The lowest BCUT2D eigenvalue weighted by Crippen LogP contribution is -2.13. The van der Waals surface area contributed by atoms with Gasteiger partial charge < -0.3 is 15.1 Å². The molecule has 1 heterocycles. The van der Waals surface area contributed by atoms with E-state index in [1.54, 1.807) is 30.3 Å². The Balaban J connectivity index is 1.36. The van der Waals surface area contributed by atoms with E-state index < -0.39 is 0 Å². The quantitative estimate of drug-likeness (QED) is 0.294. The first-order valence-corrected chi connectivity index (χ1v) is 11.4. The Kier molecular flexibility index (Phi) is 5.90. The predicted octanol–water partition coefficient (Wildman–Crippen LogP) is 7.07. The molecular weight excluding hydrogens is 436 g/mol. The molecule has 4 aromatic carbocycles. The number of nitrogens with one attached hydrogen (secondary N) is 2. The molecule has 2 N–H and O–H groups in total. The fourth-order valence-corrected chi connectivity index (χ4v) is 3.89. The number of rotatable bonds is 5. The van der Waals surface area contributed by atoms with Crippen LogP contribution in [-0.4, -0.2) is 5.91 Å². The van der Waals surface area contributed by atoms with Gasteiger partial charge in [-0.05, 0) is 62.4 Å². The van der Waals surface area contributed by atoms with Crippen LogP contribution in [0.25, 0.3) is 22.3 Å². The molecule has 5 rings (SSSR count). The number of amides is 1. The van der Waals surface area contributed by atoms with E-state index >= 15 is 0 Å². The van der Waals surface area contributed by atoms with Gasteiger partial charge in [0.15, 0.2) is 5.43 Å². The van der Waals surface area contributed by atoms with Crippen molar-refractivity contribution in [2.24, 2.45) is 0 Å². The van der Waals surface area contributed by atoms with Gasteiger partial charge in [-0.15, -0.1) is 0 Å². The molecule has 0 aliphatic rings. The summed E-state index contributed by atoms with van der Waals surface area (Å²) in [6.07, 6.45) is 0. The van der Waals surface area contributed by atoms with E-state index in [1.165, 1.54) is 11.6 Å². The number of benzene rings is 4. The smallest absolute Gasteiger partial charge is 0.255 e. The van der Waals surface area contributed by atoms with Crippen molar-refractivity contribution in [2.75, 3.05) is 10.6 Å². The minimum absolute atomic E-state index is 0.0931. The highest BCUT2D eigenvalue weighted by molar-refractivity contribution is 6.06. The largest absolute Gasteiger partial charge is 0.456 e. The summed E-state index contributed by atoms with van der Waals surface area (Å²) in [7, 11) is 0. The van der Waals surface area contributed by atoms with Crippen LogP contribution in [0.15, 0.2) is 106 Å². The summed E-state index contributed by atoms with van der Waals surface area (Å²) in [4.78, 5) is 25.5. The molecule has 0 radical (unpaired) electrons. The zero-order valence-electron chi connectivity index (χ0n) is 19.5. The first-order valence-electron chi connectivity index (χ1n) is 11.4. The summed E-state index contributed by atoms with van der Waals surface area (Å²) in [5.41, 5.74) is 6.27. The molecule has 35 heavy (non-hydrogen) atoms. The second-order valence-corrected chi connectivity index (χ2v) is 8.54. The van der Waals surface area contributed by atoms with E-state index in [4.69, 9.17) is 4.42 Å². The Morgan fingerprint density at radius 2 is 1.43 bits per heavy atom. The molecule has 172 valence electrons. The lowest BCUT2D eigenvalue weighted by molar-refractivity contribution is 0.102. The third-order valence-corrected chi connectivity index (χ3v) is 5.82. The molecule has 1 amide bonds. The molecule has 5 nitrogen and oxygen atoms in total. The van der Waals surface area contributed by atoms with Gasteiger partial charge in [-0.2, -0.15) is 0 Å². The minimum atomic E-state index is -0.231. The van der Waals surface area contributed by atoms with Crippen LogP contribution < -0.4 is 16.1 Å². The van der Waals surface area contributed by atoms with Crippen molar-refractivity contribution in [3.8, 4) is 11.3 Å². The standard InChI is InChI=1S/C30H24N2O3/c1-19-7-14-23(15-8-19)31-25-5-3-4-6-26(25)32-30(34)22-12-10-21(11-13-22)29-18-27(33)24-17-20(2)9-16-28(24)35-29/h3-18,31H,1-2H3,(H,32,34). The maximum absolute atomic E-state index is 13.0. The summed E-state index contributed by atoms with van der Waals surface area (Å²) in [6.45, 7) is 3.98. The van der Waals surface area contributed by atoms with Crippen LogP contribution in [-0.2, 0) is 0 Å². The van der Waals surface area contributed by atoms with Crippen molar-refractivity contribution < 1.29 is 9.21 Å². The molecule has 5 aromatic rings. The maximum Gasteiger partial charge on any atom is 0.255 e. The highest BCUT2D eigenvalue weighted by Gasteiger charge is 2.12. The number of carbonyl (C=O) groups is 1. The summed E-state index contributed by atoms with van der Waals surface area (Å²) < 4.78 is 5.95. The predicted molar refractivity (Wildman–Crippen MR) is 142 cm³/mol. The average Bonchev–Trinajstić information content (AvgIpc) is 2.87. The lowest BCUT2D eigenvalue weighted by Gasteiger charge is -2.13. The molecule has 0 saturated heterocycles. The summed E-state index contributed by atoms with van der Waals surface area (Å²) >= 11 is 0. The molecule has 0 saturated carbocycles. The third kappa shape index (κ3) is 4.84. The molecule has 0 bridgehead atoms. The van der Waals surface area contributed by atoms with Gasteiger partial charge >= 0.3 is 0 Å². The molecule has 5 heteroatoms. The first kappa shape index (κ1) is 22.2. The number of hydrogen-bond acceptors (Lipinski definition) is 4. The lowest BCUT2D eigenvalue weighted by atomic mass is 10.1. The topological polar surface area (TPSA) is 71.3 Å². The zero-order valence-corrected chi connectivity index (χ0v) is 19.5. The SMILES string of the molecule is Cc1ccc(Nc2ccccc2NC(=O)c2ccc(-c3cc(=O)c4cc(C)ccc4o3)cc2)cc1. The van der Waals surface area contributed by atoms with E-state index in [0.717, 1.165) is 22.5 Å². The van der Waals surface area contributed by atoms with Crippen LogP contribution >= 0.6 is 0 Å². The Morgan fingerprint density at radius 1 is 0.743 bits per heavy atom. The summed E-state index contributed by atoms with van der Waals surface area (Å²) in [5.74, 6) is 0.233. The third-order valence-electron chi connectivity index (χ3n) is 5.82. The van der Waals surface area contributed by atoms with E-state index in [2.05, 4.69) is 10.6 Å². The van der Waals surface area contributed by atoms with Crippen molar-refractivity contribution in [3.63, 3.8) is 0 Å². The van der Waals surface area contributed by atoms with Crippen molar-refractivity contribution in [1.29, 1.82) is 0 Å².